The summed E-state index contributed by atoms with van der Waals surface area (Å²) in [6, 6.07) is 7.67. The van der Waals surface area contributed by atoms with Crippen molar-refractivity contribution in [3.63, 3.8) is 0 Å². The van der Waals surface area contributed by atoms with Crippen LogP contribution in [0, 0.1) is 0 Å². The zero-order valence-corrected chi connectivity index (χ0v) is 17.9. The molecule has 0 saturated carbocycles. The van der Waals surface area contributed by atoms with Crippen molar-refractivity contribution >= 4 is 35.6 Å². The van der Waals surface area contributed by atoms with E-state index in [0.29, 0.717) is 24.7 Å². The predicted octanol–water partition coefficient (Wildman–Crippen LogP) is 3.38. The molecule has 0 amide bonds. The summed E-state index contributed by atoms with van der Waals surface area (Å²) in [6.45, 7) is 6.93. The van der Waals surface area contributed by atoms with Crippen LogP contribution in [0.1, 0.15) is 20.3 Å². The summed E-state index contributed by atoms with van der Waals surface area (Å²) in [4.78, 5) is 4.61. The highest BCUT2D eigenvalue weighted by molar-refractivity contribution is 14.0. The Morgan fingerprint density at radius 2 is 2.12 bits per heavy atom. The van der Waals surface area contributed by atoms with E-state index in [1.807, 2.05) is 49.0 Å². The molecule has 0 radical (unpaired) electrons. The lowest BCUT2D eigenvalue weighted by Crippen LogP contribution is -2.30. The van der Waals surface area contributed by atoms with Crippen molar-refractivity contribution in [2.24, 2.45) is 4.99 Å². The molecule has 2 rings (SSSR count). The van der Waals surface area contributed by atoms with Crippen LogP contribution in [0.3, 0.4) is 0 Å². The summed E-state index contributed by atoms with van der Waals surface area (Å²) in [5, 5.41) is 10.7. The van der Waals surface area contributed by atoms with Gasteiger partial charge in [0.1, 0.15) is 0 Å². The monoisotopic (exact) mass is 473 g/mol. The van der Waals surface area contributed by atoms with Gasteiger partial charge in [-0.25, -0.2) is 0 Å². The molecule has 0 fully saturated rings. The number of halogens is 1. The molecule has 0 unspecified atom stereocenters. The van der Waals surface area contributed by atoms with Gasteiger partial charge in [0.15, 0.2) is 17.5 Å². The Labute approximate surface area is 172 Å². The van der Waals surface area contributed by atoms with Crippen molar-refractivity contribution in [2.75, 3.05) is 32.1 Å². The Balaban J connectivity index is 0.00000338. The molecule has 0 atom stereocenters. The molecular weight excluding hydrogens is 445 g/mol. The minimum absolute atomic E-state index is 0. The highest BCUT2D eigenvalue weighted by atomic mass is 127. The summed E-state index contributed by atoms with van der Waals surface area (Å²) < 4.78 is 12.8. The van der Waals surface area contributed by atoms with Gasteiger partial charge in [0.2, 0.25) is 0 Å². The van der Waals surface area contributed by atoms with Gasteiger partial charge < -0.3 is 20.1 Å². The first kappa shape index (κ1) is 22.1. The third kappa shape index (κ3) is 7.11. The SMILES string of the molecule is CCNC(=NCCCn1cccn1)Nc1ccc(OC)c(OCC)c1.I. The molecule has 8 heteroatoms. The Hall–Kier alpha value is -1.97. The van der Waals surface area contributed by atoms with Gasteiger partial charge in [0, 0.05) is 43.8 Å². The number of aromatic nitrogens is 2. The topological polar surface area (TPSA) is 72.7 Å². The molecule has 1 aromatic heterocycles. The maximum Gasteiger partial charge on any atom is 0.195 e. The lowest BCUT2D eigenvalue weighted by molar-refractivity contribution is 0.311. The molecule has 2 aromatic rings. The lowest BCUT2D eigenvalue weighted by Gasteiger charge is -2.14. The van der Waals surface area contributed by atoms with Crippen molar-refractivity contribution in [1.29, 1.82) is 0 Å². The largest absolute Gasteiger partial charge is 0.493 e. The first-order valence-electron chi connectivity index (χ1n) is 8.60. The van der Waals surface area contributed by atoms with Gasteiger partial charge in [0.05, 0.1) is 13.7 Å². The number of methoxy groups -OCH3 is 1. The van der Waals surface area contributed by atoms with E-state index >= 15 is 0 Å². The van der Waals surface area contributed by atoms with Crippen LogP contribution in [0.25, 0.3) is 0 Å². The van der Waals surface area contributed by atoms with Crippen LogP contribution in [-0.2, 0) is 6.54 Å². The molecule has 0 bridgehead atoms. The van der Waals surface area contributed by atoms with E-state index in [-0.39, 0.29) is 24.0 Å². The van der Waals surface area contributed by atoms with E-state index in [2.05, 4.69) is 20.7 Å². The number of nitrogens with one attached hydrogen (secondary N) is 2. The number of anilines is 1. The van der Waals surface area contributed by atoms with Gasteiger partial charge in [-0.05, 0) is 38.5 Å². The van der Waals surface area contributed by atoms with Crippen LogP contribution < -0.4 is 20.1 Å². The van der Waals surface area contributed by atoms with E-state index < -0.39 is 0 Å². The Morgan fingerprint density at radius 1 is 1.27 bits per heavy atom. The second-order valence-corrected chi connectivity index (χ2v) is 5.31. The quantitative estimate of drug-likeness (QED) is 0.253. The van der Waals surface area contributed by atoms with E-state index in [0.717, 1.165) is 31.2 Å². The molecule has 0 aliphatic carbocycles. The van der Waals surface area contributed by atoms with E-state index in [9.17, 15) is 0 Å². The Bertz CT molecular complexity index is 662. The molecular formula is C18H28IN5O2. The van der Waals surface area contributed by atoms with Crippen molar-refractivity contribution in [3.8, 4) is 11.5 Å². The first-order valence-corrected chi connectivity index (χ1v) is 8.60. The van der Waals surface area contributed by atoms with Gasteiger partial charge in [-0.3, -0.25) is 9.67 Å². The maximum absolute atomic E-state index is 5.61. The van der Waals surface area contributed by atoms with Gasteiger partial charge >= 0.3 is 0 Å². The maximum atomic E-state index is 5.61. The number of aliphatic imine (C=N–C) groups is 1. The number of hydrogen-bond donors (Lipinski definition) is 2. The van der Waals surface area contributed by atoms with Crippen molar-refractivity contribution in [3.05, 3.63) is 36.7 Å². The van der Waals surface area contributed by atoms with Gasteiger partial charge in [-0.15, -0.1) is 24.0 Å². The fourth-order valence-electron chi connectivity index (χ4n) is 2.32. The molecule has 0 spiro atoms. The predicted molar refractivity (Wildman–Crippen MR) is 116 cm³/mol. The highest BCUT2D eigenvalue weighted by Crippen LogP contribution is 2.30. The summed E-state index contributed by atoms with van der Waals surface area (Å²) in [5.74, 6) is 2.17. The van der Waals surface area contributed by atoms with Crippen molar-refractivity contribution in [1.82, 2.24) is 15.1 Å². The zero-order chi connectivity index (χ0) is 17.9. The van der Waals surface area contributed by atoms with Gasteiger partial charge in [-0.1, -0.05) is 0 Å². The molecule has 0 aliphatic rings. The molecule has 26 heavy (non-hydrogen) atoms. The summed E-state index contributed by atoms with van der Waals surface area (Å²) in [7, 11) is 1.64. The highest BCUT2D eigenvalue weighted by Gasteiger charge is 2.07. The van der Waals surface area contributed by atoms with Crippen LogP contribution >= 0.6 is 24.0 Å². The first-order chi connectivity index (χ1) is 12.3. The number of ether oxygens (including phenoxy) is 2. The fourth-order valence-corrected chi connectivity index (χ4v) is 2.32. The van der Waals surface area contributed by atoms with Gasteiger partial charge in [0.25, 0.3) is 0 Å². The average Bonchev–Trinajstić information content (AvgIpc) is 3.13. The van der Waals surface area contributed by atoms with Crippen molar-refractivity contribution in [2.45, 2.75) is 26.8 Å². The average molecular weight is 473 g/mol. The van der Waals surface area contributed by atoms with Crippen LogP contribution in [0.5, 0.6) is 11.5 Å². The van der Waals surface area contributed by atoms with E-state index in [1.165, 1.54) is 0 Å². The molecule has 1 aromatic carbocycles. The number of benzene rings is 1. The number of aryl methyl sites for hydroxylation is 1. The normalized spacial score (nSPS) is 10.8. The lowest BCUT2D eigenvalue weighted by atomic mass is 10.2. The smallest absolute Gasteiger partial charge is 0.195 e. The third-order valence-corrected chi connectivity index (χ3v) is 3.44. The molecule has 0 aliphatic heterocycles. The minimum atomic E-state index is 0. The van der Waals surface area contributed by atoms with E-state index in [4.69, 9.17) is 9.47 Å². The molecule has 144 valence electrons. The standard InChI is InChI=1S/C18H27N5O2.HI/c1-4-19-18(20-10-6-12-23-13-7-11-21-23)22-15-8-9-16(24-3)17(14-15)25-5-2;/h7-9,11,13-14H,4-6,10,12H2,1-3H3,(H2,19,20,22);1H. The van der Waals surface area contributed by atoms with Crippen LogP contribution in [0.4, 0.5) is 5.69 Å². The molecule has 2 N–H and O–H groups in total. The summed E-state index contributed by atoms with van der Waals surface area (Å²) in [5.41, 5.74) is 0.899. The van der Waals surface area contributed by atoms with Crippen LogP contribution in [0.2, 0.25) is 0 Å². The number of guanidine groups is 1. The fraction of sp³-hybridized carbons (Fsp3) is 0.444. The number of rotatable bonds is 9. The number of hydrogen-bond acceptors (Lipinski definition) is 4. The van der Waals surface area contributed by atoms with Crippen molar-refractivity contribution < 1.29 is 9.47 Å². The van der Waals surface area contributed by atoms with Gasteiger partial charge in [-0.2, -0.15) is 5.10 Å². The number of nitrogens with zero attached hydrogens (tertiary/aromatic N) is 3. The van der Waals surface area contributed by atoms with E-state index in [1.54, 1.807) is 13.3 Å². The Morgan fingerprint density at radius 3 is 2.77 bits per heavy atom. The second-order valence-electron chi connectivity index (χ2n) is 5.31. The summed E-state index contributed by atoms with van der Waals surface area (Å²) >= 11 is 0. The molecule has 1 heterocycles. The molecule has 0 saturated heterocycles. The van der Waals surface area contributed by atoms with Crippen LogP contribution in [0.15, 0.2) is 41.7 Å². The zero-order valence-electron chi connectivity index (χ0n) is 15.6. The minimum Gasteiger partial charge on any atom is -0.493 e. The summed E-state index contributed by atoms with van der Waals surface area (Å²) in [6.07, 6.45) is 4.67. The third-order valence-electron chi connectivity index (χ3n) is 3.44. The Kier molecular flexibility index (Phi) is 10.5. The van der Waals surface area contributed by atoms with Crippen LogP contribution in [-0.4, -0.2) is 42.5 Å². The molecule has 7 nitrogen and oxygen atoms in total. The second kappa shape index (κ2) is 12.4.